The van der Waals surface area contributed by atoms with E-state index in [9.17, 15) is 4.79 Å². The summed E-state index contributed by atoms with van der Waals surface area (Å²) in [6.45, 7) is 0. The van der Waals surface area contributed by atoms with Gasteiger partial charge in [-0.15, -0.1) is 0 Å². The standard InChI is InChI=1S/C8H13NO2/c1-11-8(10)5-3-2-4-6(5)7(4)9/h4-7H,2-3,9H2,1H3/t4-,5?,6-,7+/m1/s1. The van der Waals surface area contributed by atoms with Crippen molar-refractivity contribution in [3.8, 4) is 0 Å². The van der Waals surface area contributed by atoms with Gasteiger partial charge in [0.05, 0.1) is 13.0 Å². The van der Waals surface area contributed by atoms with Crippen molar-refractivity contribution in [2.75, 3.05) is 7.11 Å². The van der Waals surface area contributed by atoms with Crippen LogP contribution < -0.4 is 5.73 Å². The highest BCUT2D eigenvalue weighted by atomic mass is 16.5. The van der Waals surface area contributed by atoms with Gasteiger partial charge in [0.25, 0.3) is 0 Å². The van der Waals surface area contributed by atoms with Crippen LogP contribution >= 0.6 is 0 Å². The first-order valence-corrected chi connectivity index (χ1v) is 4.09. The Kier molecular flexibility index (Phi) is 1.42. The molecule has 0 aromatic rings. The minimum Gasteiger partial charge on any atom is -0.469 e. The summed E-state index contributed by atoms with van der Waals surface area (Å²) < 4.78 is 4.69. The average Bonchev–Trinajstić information content (AvgIpc) is 2.53. The number of methoxy groups -OCH3 is 1. The van der Waals surface area contributed by atoms with Crippen LogP contribution in [0.5, 0.6) is 0 Å². The van der Waals surface area contributed by atoms with E-state index in [2.05, 4.69) is 4.74 Å². The maximum atomic E-state index is 11.1. The summed E-state index contributed by atoms with van der Waals surface area (Å²) in [7, 11) is 1.45. The highest BCUT2D eigenvalue weighted by Gasteiger charge is 2.58. The second kappa shape index (κ2) is 2.21. The van der Waals surface area contributed by atoms with Gasteiger partial charge in [-0.05, 0) is 24.7 Å². The molecular weight excluding hydrogens is 142 g/mol. The quantitative estimate of drug-likeness (QED) is 0.548. The molecule has 2 saturated carbocycles. The zero-order chi connectivity index (χ0) is 8.01. The third-order valence-electron chi connectivity index (χ3n) is 3.07. The molecule has 3 heteroatoms. The number of nitrogens with two attached hydrogens (primary N) is 1. The van der Waals surface area contributed by atoms with Gasteiger partial charge in [0.15, 0.2) is 0 Å². The first-order valence-electron chi connectivity index (χ1n) is 4.09. The fraction of sp³-hybridized carbons (Fsp3) is 0.875. The van der Waals surface area contributed by atoms with Crippen LogP contribution in [0.25, 0.3) is 0 Å². The van der Waals surface area contributed by atoms with Crippen LogP contribution in [0.3, 0.4) is 0 Å². The minimum absolute atomic E-state index is 0.0644. The van der Waals surface area contributed by atoms with Gasteiger partial charge in [0.1, 0.15) is 0 Å². The van der Waals surface area contributed by atoms with Crippen LogP contribution in [0.4, 0.5) is 0 Å². The van der Waals surface area contributed by atoms with Crippen molar-refractivity contribution >= 4 is 5.97 Å². The number of hydrogen-bond acceptors (Lipinski definition) is 3. The third-order valence-corrected chi connectivity index (χ3v) is 3.07. The van der Waals surface area contributed by atoms with Crippen LogP contribution in [0.15, 0.2) is 0 Å². The molecule has 0 radical (unpaired) electrons. The molecule has 62 valence electrons. The number of rotatable bonds is 1. The van der Waals surface area contributed by atoms with Crippen molar-refractivity contribution in [3.63, 3.8) is 0 Å². The Morgan fingerprint density at radius 1 is 1.55 bits per heavy atom. The molecule has 0 aliphatic heterocycles. The van der Waals surface area contributed by atoms with Crippen molar-refractivity contribution in [1.82, 2.24) is 0 Å². The average molecular weight is 155 g/mol. The smallest absolute Gasteiger partial charge is 0.309 e. The fourth-order valence-corrected chi connectivity index (χ4v) is 2.37. The Hall–Kier alpha value is -0.570. The maximum Gasteiger partial charge on any atom is 0.309 e. The zero-order valence-corrected chi connectivity index (χ0v) is 6.62. The van der Waals surface area contributed by atoms with Crippen LogP contribution in [0.2, 0.25) is 0 Å². The van der Waals surface area contributed by atoms with Gasteiger partial charge < -0.3 is 10.5 Å². The molecule has 0 aromatic carbocycles. The molecule has 2 N–H and O–H groups in total. The molecule has 2 rings (SSSR count). The van der Waals surface area contributed by atoms with Crippen LogP contribution in [-0.4, -0.2) is 19.1 Å². The lowest BCUT2D eigenvalue weighted by molar-refractivity contribution is -0.146. The van der Waals surface area contributed by atoms with Gasteiger partial charge in [0.2, 0.25) is 0 Å². The Morgan fingerprint density at radius 3 is 2.73 bits per heavy atom. The fourth-order valence-electron chi connectivity index (χ4n) is 2.37. The Labute approximate surface area is 65.9 Å². The van der Waals surface area contributed by atoms with Crippen molar-refractivity contribution in [2.45, 2.75) is 18.9 Å². The first kappa shape index (κ1) is 7.10. The van der Waals surface area contributed by atoms with E-state index >= 15 is 0 Å². The molecule has 0 spiro atoms. The number of esters is 1. The van der Waals surface area contributed by atoms with E-state index < -0.39 is 0 Å². The van der Waals surface area contributed by atoms with Crippen molar-refractivity contribution < 1.29 is 9.53 Å². The SMILES string of the molecule is COC(=O)C1CC[C@H]2[C@H](N)[C@@H]12. The molecule has 2 aliphatic rings. The second-order valence-corrected chi connectivity index (χ2v) is 3.53. The molecule has 0 aromatic heterocycles. The Morgan fingerprint density at radius 2 is 2.27 bits per heavy atom. The van der Waals surface area contributed by atoms with Gasteiger partial charge >= 0.3 is 5.97 Å². The summed E-state index contributed by atoms with van der Waals surface area (Å²) in [6.07, 6.45) is 2.10. The molecule has 3 nitrogen and oxygen atoms in total. The van der Waals surface area contributed by atoms with Crippen LogP contribution in [0, 0.1) is 17.8 Å². The lowest BCUT2D eigenvalue weighted by Crippen LogP contribution is -2.21. The predicted octanol–water partition coefficient (Wildman–Crippen LogP) is 0.143. The molecule has 0 bridgehead atoms. The summed E-state index contributed by atoms with van der Waals surface area (Å²) in [5, 5.41) is 0. The van der Waals surface area contributed by atoms with Crippen LogP contribution in [-0.2, 0) is 9.53 Å². The topological polar surface area (TPSA) is 52.3 Å². The van der Waals surface area contributed by atoms with E-state index in [0.29, 0.717) is 11.8 Å². The van der Waals surface area contributed by atoms with E-state index in [4.69, 9.17) is 5.73 Å². The molecule has 0 heterocycles. The van der Waals surface area contributed by atoms with E-state index in [-0.39, 0.29) is 17.9 Å². The number of carbonyl (C=O) groups is 1. The number of ether oxygens (including phenoxy) is 1. The van der Waals surface area contributed by atoms with Gasteiger partial charge in [-0.2, -0.15) is 0 Å². The van der Waals surface area contributed by atoms with E-state index in [0.717, 1.165) is 12.8 Å². The molecule has 11 heavy (non-hydrogen) atoms. The molecule has 1 unspecified atom stereocenters. The van der Waals surface area contributed by atoms with Gasteiger partial charge in [0, 0.05) is 6.04 Å². The second-order valence-electron chi connectivity index (χ2n) is 3.53. The Bertz CT molecular complexity index is 193. The normalized spacial score (nSPS) is 46.7. The van der Waals surface area contributed by atoms with Gasteiger partial charge in [-0.3, -0.25) is 4.79 Å². The molecule has 0 saturated heterocycles. The third kappa shape index (κ3) is 0.872. The molecular formula is C8H13NO2. The van der Waals surface area contributed by atoms with Crippen molar-refractivity contribution in [2.24, 2.45) is 23.5 Å². The molecule has 4 atom stereocenters. The highest BCUT2D eigenvalue weighted by molar-refractivity contribution is 5.74. The largest absolute Gasteiger partial charge is 0.469 e. The van der Waals surface area contributed by atoms with Crippen molar-refractivity contribution in [3.05, 3.63) is 0 Å². The number of fused-ring (bicyclic) bond motifs is 1. The highest BCUT2D eigenvalue weighted by Crippen LogP contribution is 2.54. The Balaban J connectivity index is 2.01. The lowest BCUT2D eigenvalue weighted by Gasteiger charge is -2.09. The number of hydrogen-bond donors (Lipinski definition) is 1. The van der Waals surface area contributed by atoms with Crippen LogP contribution in [0.1, 0.15) is 12.8 Å². The van der Waals surface area contributed by atoms with Gasteiger partial charge in [-0.1, -0.05) is 0 Å². The zero-order valence-electron chi connectivity index (χ0n) is 6.62. The summed E-state index contributed by atoms with van der Waals surface area (Å²) in [6, 6.07) is 0.285. The summed E-state index contributed by atoms with van der Waals surface area (Å²) in [5.41, 5.74) is 5.75. The van der Waals surface area contributed by atoms with E-state index in [1.165, 1.54) is 7.11 Å². The summed E-state index contributed by atoms with van der Waals surface area (Å²) in [4.78, 5) is 11.1. The lowest BCUT2D eigenvalue weighted by atomic mass is 10.0. The molecule has 0 amide bonds. The van der Waals surface area contributed by atoms with Gasteiger partial charge in [-0.25, -0.2) is 0 Å². The minimum atomic E-state index is -0.0644. The summed E-state index contributed by atoms with van der Waals surface area (Å²) in [5.74, 6) is 1.12. The van der Waals surface area contributed by atoms with E-state index in [1.54, 1.807) is 0 Å². The first-order chi connectivity index (χ1) is 5.25. The molecule has 2 aliphatic carbocycles. The van der Waals surface area contributed by atoms with Crippen molar-refractivity contribution in [1.29, 1.82) is 0 Å². The number of carbonyl (C=O) groups excluding carboxylic acids is 1. The monoisotopic (exact) mass is 155 g/mol. The predicted molar refractivity (Wildman–Crippen MR) is 39.7 cm³/mol. The maximum absolute atomic E-state index is 11.1. The van der Waals surface area contributed by atoms with E-state index in [1.807, 2.05) is 0 Å². The summed E-state index contributed by atoms with van der Waals surface area (Å²) >= 11 is 0. The molecule has 2 fully saturated rings.